The number of sulfonamides is 1. The first-order chi connectivity index (χ1) is 18.7. The zero-order valence-corrected chi connectivity index (χ0v) is 22.8. The quantitative estimate of drug-likeness (QED) is 0.429. The SMILES string of the molecule is Nc1nc(N)c(CN=C2CCC3(CCN(S(=O)(=O)c4ccc5c(c4)CC(c4ccccc4)=N5)CC3)N2)nc1Cl. The number of hydrogen-bond donors (Lipinski definition) is 3. The van der Waals surface area contributed by atoms with Gasteiger partial charge in [-0.05, 0) is 48.6 Å². The zero-order chi connectivity index (χ0) is 27.2. The third-order valence-electron chi connectivity index (χ3n) is 7.74. The number of rotatable bonds is 5. The molecule has 202 valence electrons. The third-order valence-corrected chi connectivity index (χ3v) is 9.91. The molecule has 0 atom stereocenters. The highest BCUT2D eigenvalue weighted by Gasteiger charge is 2.42. The Labute approximate surface area is 232 Å². The second kappa shape index (κ2) is 9.89. The van der Waals surface area contributed by atoms with Crippen LogP contribution in [0.3, 0.4) is 0 Å². The van der Waals surface area contributed by atoms with E-state index in [-0.39, 0.29) is 28.9 Å². The molecule has 0 bridgehead atoms. The molecule has 0 saturated carbocycles. The second-order valence-corrected chi connectivity index (χ2v) is 12.5. The van der Waals surface area contributed by atoms with Gasteiger partial charge in [-0.25, -0.2) is 18.4 Å². The first kappa shape index (κ1) is 25.7. The molecule has 39 heavy (non-hydrogen) atoms. The summed E-state index contributed by atoms with van der Waals surface area (Å²) in [6.07, 6.45) is 3.69. The Morgan fingerprint density at radius 1 is 1.03 bits per heavy atom. The van der Waals surface area contributed by atoms with Crippen molar-refractivity contribution in [3.8, 4) is 0 Å². The zero-order valence-electron chi connectivity index (χ0n) is 21.3. The van der Waals surface area contributed by atoms with Crippen molar-refractivity contribution < 1.29 is 8.42 Å². The number of amidine groups is 1. The lowest BCUT2D eigenvalue weighted by Gasteiger charge is -2.38. The molecule has 3 aromatic rings. The van der Waals surface area contributed by atoms with Gasteiger partial charge >= 0.3 is 0 Å². The highest BCUT2D eigenvalue weighted by molar-refractivity contribution is 7.89. The van der Waals surface area contributed by atoms with Gasteiger partial charge in [0.15, 0.2) is 11.0 Å². The van der Waals surface area contributed by atoms with Crippen molar-refractivity contribution in [2.24, 2.45) is 9.98 Å². The van der Waals surface area contributed by atoms with Crippen LogP contribution in [0, 0.1) is 0 Å². The Morgan fingerprint density at radius 2 is 1.79 bits per heavy atom. The van der Waals surface area contributed by atoms with Gasteiger partial charge in [0.2, 0.25) is 10.0 Å². The standard InChI is InChI=1S/C27H29ClN8O2S/c28-24-26(30)34-25(29)22(33-24)16-31-23-8-9-27(35-23)10-12-36(13-11-27)39(37,38)19-6-7-20-18(14-19)15-21(32-20)17-4-2-1-3-5-17/h1-7,14H,8-13,15-16H2,(H,31,35)(H4,29,30,34). The molecule has 2 fully saturated rings. The van der Waals surface area contributed by atoms with E-state index in [1.165, 1.54) is 0 Å². The predicted molar refractivity (Wildman–Crippen MR) is 153 cm³/mol. The number of hydrogen-bond acceptors (Lipinski definition) is 8. The summed E-state index contributed by atoms with van der Waals surface area (Å²) < 4.78 is 28.7. The van der Waals surface area contributed by atoms with Crippen LogP contribution < -0.4 is 16.8 Å². The van der Waals surface area contributed by atoms with Crippen LogP contribution in [0.25, 0.3) is 0 Å². The molecule has 1 aromatic heterocycles. The molecule has 2 saturated heterocycles. The monoisotopic (exact) mass is 564 g/mol. The molecule has 6 rings (SSSR count). The van der Waals surface area contributed by atoms with Crippen LogP contribution in [0.2, 0.25) is 5.15 Å². The number of fused-ring (bicyclic) bond motifs is 1. The molecule has 0 amide bonds. The normalized spacial score (nSPS) is 19.7. The van der Waals surface area contributed by atoms with Crippen LogP contribution in [-0.2, 0) is 23.0 Å². The van der Waals surface area contributed by atoms with Crippen LogP contribution in [0.4, 0.5) is 17.3 Å². The molecule has 3 aliphatic rings. The molecular formula is C27H29ClN8O2S. The largest absolute Gasteiger partial charge is 0.382 e. The summed E-state index contributed by atoms with van der Waals surface area (Å²) in [6.45, 7) is 1.13. The van der Waals surface area contributed by atoms with E-state index in [1.54, 1.807) is 16.4 Å². The Balaban J connectivity index is 1.09. The van der Waals surface area contributed by atoms with Gasteiger partial charge in [0, 0.05) is 31.5 Å². The Morgan fingerprint density at radius 3 is 2.56 bits per heavy atom. The summed E-state index contributed by atoms with van der Waals surface area (Å²) in [5.74, 6) is 1.16. The van der Waals surface area contributed by atoms with Crippen molar-refractivity contribution in [2.75, 3.05) is 24.6 Å². The number of anilines is 2. The number of aliphatic imine (C=N–C) groups is 2. The van der Waals surface area contributed by atoms with E-state index in [2.05, 4.69) is 20.3 Å². The topological polar surface area (TPSA) is 152 Å². The number of nitrogens with one attached hydrogen (secondary N) is 1. The van der Waals surface area contributed by atoms with Gasteiger partial charge in [0.05, 0.1) is 28.7 Å². The van der Waals surface area contributed by atoms with Gasteiger partial charge in [0.25, 0.3) is 0 Å². The summed E-state index contributed by atoms with van der Waals surface area (Å²) in [7, 11) is -3.61. The average molecular weight is 565 g/mol. The number of nitrogen functional groups attached to an aromatic ring is 2. The van der Waals surface area contributed by atoms with Crippen molar-refractivity contribution >= 4 is 50.5 Å². The smallest absolute Gasteiger partial charge is 0.243 e. The van der Waals surface area contributed by atoms with Gasteiger partial charge in [-0.15, -0.1) is 0 Å². The van der Waals surface area contributed by atoms with Gasteiger partial charge < -0.3 is 16.8 Å². The van der Waals surface area contributed by atoms with E-state index in [4.69, 9.17) is 28.1 Å². The fraction of sp³-hybridized carbons (Fsp3) is 0.333. The minimum absolute atomic E-state index is 0.0929. The molecular weight excluding hydrogens is 536 g/mol. The third kappa shape index (κ3) is 4.97. The summed E-state index contributed by atoms with van der Waals surface area (Å²) in [5, 5.41) is 3.66. The fourth-order valence-corrected chi connectivity index (χ4v) is 7.12. The minimum Gasteiger partial charge on any atom is -0.382 e. The number of benzene rings is 2. The molecule has 4 heterocycles. The van der Waals surface area contributed by atoms with Gasteiger partial charge in [-0.2, -0.15) is 4.31 Å². The molecule has 1 spiro atoms. The summed E-state index contributed by atoms with van der Waals surface area (Å²) in [6, 6.07) is 15.3. The Bertz CT molecular complexity index is 1600. The molecule has 0 aliphatic carbocycles. The van der Waals surface area contributed by atoms with Crippen LogP contribution in [-0.4, -0.2) is 52.9 Å². The predicted octanol–water partition coefficient (Wildman–Crippen LogP) is 3.48. The van der Waals surface area contributed by atoms with Crippen molar-refractivity contribution in [1.82, 2.24) is 19.6 Å². The van der Waals surface area contributed by atoms with E-state index in [0.29, 0.717) is 42.9 Å². The lowest BCUT2D eigenvalue weighted by Crippen LogP contribution is -2.52. The van der Waals surface area contributed by atoms with Crippen LogP contribution in [0.1, 0.15) is 42.5 Å². The van der Waals surface area contributed by atoms with Crippen LogP contribution in [0.15, 0.2) is 63.4 Å². The minimum atomic E-state index is -3.61. The highest BCUT2D eigenvalue weighted by Crippen LogP contribution is 2.36. The molecule has 0 unspecified atom stereocenters. The van der Waals surface area contributed by atoms with E-state index in [1.807, 2.05) is 36.4 Å². The highest BCUT2D eigenvalue weighted by atomic mass is 35.5. The van der Waals surface area contributed by atoms with Gasteiger partial charge in [-0.1, -0.05) is 41.9 Å². The van der Waals surface area contributed by atoms with Crippen LogP contribution in [0.5, 0.6) is 0 Å². The number of aromatic nitrogens is 2. The fourth-order valence-electron chi connectivity index (χ4n) is 5.48. The summed E-state index contributed by atoms with van der Waals surface area (Å²) >= 11 is 5.97. The number of nitrogens with zero attached hydrogens (tertiary/aromatic N) is 5. The molecule has 12 heteroatoms. The van der Waals surface area contributed by atoms with E-state index >= 15 is 0 Å². The first-order valence-corrected chi connectivity index (χ1v) is 14.7. The van der Waals surface area contributed by atoms with Crippen molar-refractivity contribution in [2.45, 2.75) is 49.1 Å². The maximum absolute atomic E-state index is 13.5. The average Bonchev–Trinajstić information content (AvgIpc) is 3.54. The molecule has 10 nitrogen and oxygen atoms in total. The Hall–Kier alpha value is -3.54. The number of piperidine rings is 1. The number of halogens is 1. The lowest BCUT2D eigenvalue weighted by atomic mass is 9.87. The number of nitrogens with two attached hydrogens (primary N) is 2. The van der Waals surface area contributed by atoms with E-state index in [9.17, 15) is 8.42 Å². The van der Waals surface area contributed by atoms with E-state index < -0.39 is 10.0 Å². The van der Waals surface area contributed by atoms with Crippen LogP contribution >= 0.6 is 11.6 Å². The second-order valence-electron chi connectivity index (χ2n) is 10.2. The summed E-state index contributed by atoms with van der Waals surface area (Å²) in [5.41, 5.74) is 15.6. The van der Waals surface area contributed by atoms with Crippen molar-refractivity contribution in [1.29, 1.82) is 0 Å². The molecule has 2 aromatic carbocycles. The van der Waals surface area contributed by atoms with E-state index in [0.717, 1.165) is 41.2 Å². The maximum Gasteiger partial charge on any atom is 0.243 e. The first-order valence-electron chi connectivity index (χ1n) is 12.9. The lowest BCUT2D eigenvalue weighted by molar-refractivity contribution is 0.220. The summed E-state index contributed by atoms with van der Waals surface area (Å²) in [4.78, 5) is 17.9. The molecule has 3 aliphatic heterocycles. The maximum atomic E-state index is 13.5. The Kier molecular flexibility index (Phi) is 6.52. The molecule has 5 N–H and O–H groups in total. The van der Waals surface area contributed by atoms with Gasteiger partial charge in [-0.3, -0.25) is 9.98 Å². The molecule has 0 radical (unpaired) electrons. The van der Waals surface area contributed by atoms with Gasteiger partial charge in [0.1, 0.15) is 11.5 Å². The van der Waals surface area contributed by atoms with Crippen molar-refractivity contribution in [3.05, 3.63) is 70.5 Å². The van der Waals surface area contributed by atoms with Crippen molar-refractivity contribution in [3.63, 3.8) is 0 Å².